The fourth-order valence-electron chi connectivity index (χ4n) is 1.42. The van der Waals surface area contributed by atoms with E-state index in [-0.39, 0.29) is 6.42 Å². The summed E-state index contributed by atoms with van der Waals surface area (Å²) in [7, 11) is 0. The number of nitrogens with two attached hydrogens (primary N) is 1. The predicted molar refractivity (Wildman–Crippen MR) is 75.1 cm³/mol. The number of aromatic nitrogens is 2. The molecule has 104 valence electrons. The molecule has 0 saturated heterocycles. The summed E-state index contributed by atoms with van der Waals surface area (Å²) in [5.74, 6) is -1.40. The van der Waals surface area contributed by atoms with Gasteiger partial charge < -0.3 is 10.8 Å². The highest BCUT2D eigenvalue weighted by Crippen LogP contribution is 2.32. The van der Waals surface area contributed by atoms with Crippen LogP contribution in [0.25, 0.3) is 0 Å². The van der Waals surface area contributed by atoms with Gasteiger partial charge in [0.1, 0.15) is 5.03 Å². The van der Waals surface area contributed by atoms with Gasteiger partial charge in [-0.25, -0.2) is 9.97 Å². The van der Waals surface area contributed by atoms with Crippen LogP contribution in [0.2, 0.25) is 0 Å². The number of carbonyl (C=O) groups excluding carboxylic acids is 1. The van der Waals surface area contributed by atoms with Gasteiger partial charge in [0, 0.05) is 11.1 Å². The highest BCUT2D eigenvalue weighted by Gasteiger charge is 2.12. The van der Waals surface area contributed by atoms with E-state index in [1.165, 1.54) is 29.3 Å². The summed E-state index contributed by atoms with van der Waals surface area (Å²) in [5.41, 5.74) is 6.19. The Kier molecular flexibility index (Phi) is 4.35. The van der Waals surface area contributed by atoms with Crippen LogP contribution in [0.4, 0.5) is 0 Å². The third-order valence-corrected chi connectivity index (χ3v) is 4.57. The number of hydrogen-bond donors (Lipinski definition) is 2. The highest BCUT2D eigenvalue weighted by molar-refractivity contribution is 8.01. The van der Waals surface area contributed by atoms with Crippen LogP contribution in [0.15, 0.2) is 27.7 Å². The molecule has 0 unspecified atom stereocenters. The van der Waals surface area contributed by atoms with Gasteiger partial charge in [-0.05, 0) is 30.8 Å². The molecule has 0 bridgehead atoms. The topological polar surface area (TPSA) is 106 Å². The molecule has 1 amide bonds. The number of thiazole rings is 1. The average molecular weight is 309 g/mol. The highest BCUT2D eigenvalue weighted by atomic mass is 32.2. The number of aliphatic carboxylic acids is 1. The molecule has 2 aromatic heterocycles. The Morgan fingerprint density at radius 3 is 2.75 bits per heavy atom. The molecule has 0 aromatic carbocycles. The van der Waals surface area contributed by atoms with Gasteiger partial charge >= 0.3 is 5.97 Å². The van der Waals surface area contributed by atoms with E-state index in [0.29, 0.717) is 16.3 Å². The van der Waals surface area contributed by atoms with Crippen LogP contribution >= 0.6 is 23.1 Å². The third-order valence-electron chi connectivity index (χ3n) is 2.40. The number of rotatable bonds is 5. The molecule has 2 aromatic rings. The van der Waals surface area contributed by atoms with E-state index in [9.17, 15) is 9.59 Å². The van der Waals surface area contributed by atoms with Crippen molar-refractivity contribution in [3.05, 3.63) is 34.5 Å². The zero-order valence-electron chi connectivity index (χ0n) is 10.5. The predicted octanol–water partition coefficient (Wildman–Crippen LogP) is 1.72. The molecule has 0 fully saturated rings. The molecule has 0 spiro atoms. The molecule has 20 heavy (non-hydrogen) atoms. The average Bonchev–Trinajstić information content (AvgIpc) is 2.69. The molecule has 0 aliphatic rings. The second kappa shape index (κ2) is 6.02. The summed E-state index contributed by atoms with van der Waals surface area (Å²) >= 11 is 2.65. The number of primary amides is 1. The Labute approximate surface area is 123 Å². The van der Waals surface area contributed by atoms with Gasteiger partial charge in [0.05, 0.1) is 17.7 Å². The third kappa shape index (κ3) is 3.55. The largest absolute Gasteiger partial charge is 0.481 e. The normalized spacial score (nSPS) is 10.4. The first-order valence-corrected chi connectivity index (χ1v) is 7.21. The van der Waals surface area contributed by atoms with Crippen molar-refractivity contribution < 1.29 is 14.7 Å². The van der Waals surface area contributed by atoms with Gasteiger partial charge in [0.2, 0.25) is 5.91 Å². The number of nitrogens with zero attached hydrogens (tertiary/aromatic N) is 2. The van der Waals surface area contributed by atoms with Crippen molar-refractivity contribution in [2.75, 3.05) is 0 Å². The Hall–Kier alpha value is -1.93. The molecule has 3 N–H and O–H groups in total. The Morgan fingerprint density at radius 1 is 1.45 bits per heavy atom. The number of aryl methyl sites for hydroxylation is 1. The molecular weight excluding hydrogens is 298 g/mol. The van der Waals surface area contributed by atoms with Crippen LogP contribution in [0.3, 0.4) is 0 Å². The number of amides is 1. The first-order valence-electron chi connectivity index (χ1n) is 5.57. The van der Waals surface area contributed by atoms with Crippen molar-refractivity contribution in [3.8, 4) is 0 Å². The standard InChI is InChI=1S/C12H11N3O3S2/c1-6-8(4-10(16)17)19-12(15-6)20-9-3-2-7(5-14-9)11(13)18/h2-3,5H,4H2,1H3,(H2,13,18)(H,16,17). The van der Waals surface area contributed by atoms with Gasteiger partial charge in [0.25, 0.3) is 0 Å². The van der Waals surface area contributed by atoms with E-state index in [1.54, 1.807) is 19.1 Å². The summed E-state index contributed by atoms with van der Waals surface area (Å²) in [6.07, 6.45) is 1.38. The molecule has 0 aliphatic carbocycles. The van der Waals surface area contributed by atoms with E-state index < -0.39 is 11.9 Å². The fourth-order valence-corrected chi connectivity index (χ4v) is 3.53. The van der Waals surface area contributed by atoms with E-state index in [1.807, 2.05) is 0 Å². The first-order chi connectivity index (χ1) is 9.45. The first kappa shape index (κ1) is 14.5. The minimum Gasteiger partial charge on any atom is -0.481 e. The number of carboxylic acid groups (broad SMARTS) is 1. The molecule has 0 radical (unpaired) electrons. The van der Waals surface area contributed by atoms with E-state index in [2.05, 4.69) is 9.97 Å². The van der Waals surface area contributed by atoms with Crippen molar-refractivity contribution in [1.29, 1.82) is 0 Å². The van der Waals surface area contributed by atoms with Gasteiger partial charge in [0.15, 0.2) is 4.34 Å². The maximum atomic E-state index is 10.9. The number of carbonyl (C=O) groups is 2. The van der Waals surface area contributed by atoms with Crippen LogP contribution in [0.5, 0.6) is 0 Å². The van der Waals surface area contributed by atoms with Crippen molar-refractivity contribution >= 4 is 35.0 Å². The molecule has 0 atom stereocenters. The zero-order valence-corrected chi connectivity index (χ0v) is 12.1. The summed E-state index contributed by atoms with van der Waals surface area (Å²) in [6.45, 7) is 1.78. The van der Waals surface area contributed by atoms with Gasteiger partial charge in [-0.2, -0.15) is 0 Å². The molecule has 8 heteroatoms. The second-order valence-electron chi connectivity index (χ2n) is 3.91. The Morgan fingerprint density at radius 2 is 2.20 bits per heavy atom. The lowest BCUT2D eigenvalue weighted by molar-refractivity contribution is -0.136. The maximum absolute atomic E-state index is 10.9. The van der Waals surface area contributed by atoms with Gasteiger partial charge in [-0.3, -0.25) is 9.59 Å². The lowest BCUT2D eigenvalue weighted by atomic mass is 10.3. The number of hydrogen-bond acceptors (Lipinski definition) is 6. The zero-order chi connectivity index (χ0) is 14.7. The summed E-state index contributed by atoms with van der Waals surface area (Å²) in [6, 6.07) is 3.27. The SMILES string of the molecule is Cc1nc(Sc2ccc(C(N)=O)cn2)sc1CC(=O)O. The number of carboxylic acids is 1. The summed E-state index contributed by atoms with van der Waals surface area (Å²) in [4.78, 5) is 30.8. The van der Waals surface area contributed by atoms with Gasteiger partial charge in [-0.15, -0.1) is 11.3 Å². The lowest BCUT2D eigenvalue weighted by Crippen LogP contribution is -2.10. The van der Waals surface area contributed by atoms with Crippen molar-refractivity contribution in [1.82, 2.24) is 9.97 Å². The maximum Gasteiger partial charge on any atom is 0.308 e. The molecule has 2 rings (SSSR count). The van der Waals surface area contributed by atoms with Crippen LogP contribution < -0.4 is 5.73 Å². The fraction of sp³-hybridized carbons (Fsp3) is 0.167. The van der Waals surface area contributed by atoms with Crippen molar-refractivity contribution in [2.45, 2.75) is 22.7 Å². The molecule has 0 saturated carbocycles. The Balaban J connectivity index is 2.13. The summed E-state index contributed by atoms with van der Waals surface area (Å²) in [5, 5.41) is 9.46. The number of pyridine rings is 1. The smallest absolute Gasteiger partial charge is 0.308 e. The van der Waals surface area contributed by atoms with Crippen LogP contribution in [0, 0.1) is 6.92 Å². The minimum atomic E-state index is -0.878. The van der Waals surface area contributed by atoms with E-state index in [0.717, 1.165) is 9.22 Å². The van der Waals surface area contributed by atoms with Crippen molar-refractivity contribution in [3.63, 3.8) is 0 Å². The molecule has 6 nitrogen and oxygen atoms in total. The summed E-state index contributed by atoms with van der Waals surface area (Å²) < 4.78 is 0.720. The molecule has 2 heterocycles. The molecular formula is C12H11N3O3S2. The van der Waals surface area contributed by atoms with Crippen LogP contribution in [0.1, 0.15) is 20.9 Å². The Bertz CT molecular complexity index is 652. The monoisotopic (exact) mass is 309 g/mol. The van der Waals surface area contributed by atoms with Crippen molar-refractivity contribution in [2.24, 2.45) is 5.73 Å². The van der Waals surface area contributed by atoms with Gasteiger partial charge in [-0.1, -0.05) is 0 Å². The lowest BCUT2D eigenvalue weighted by Gasteiger charge is -1.98. The minimum absolute atomic E-state index is 0.0297. The quantitative estimate of drug-likeness (QED) is 0.871. The van der Waals surface area contributed by atoms with Crippen LogP contribution in [-0.2, 0) is 11.2 Å². The molecule has 0 aliphatic heterocycles. The van der Waals surface area contributed by atoms with Crippen LogP contribution in [-0.4, -0.2) is 27.0 Å². The van der Waals surface area contributed by atoms with E-state index in [4.69, 9.17) is 10.8 Å². The van der Waals surface area contributed by atoms with E-state index >= 15 is 0 Å². The second-order valence-corrected chi connectivity index (χ2v) is 6.26.